The lowest BCUT2D eigenvalue weighted by Crippen LogP contribution is -2.27. The highest BCUT2D eigenvalue weighted by Crippen LogP contribution is 2.22. The van der Waals surface area contributed by atoms with Crippen LogP contribution in [0, 0.1) is 12.7 Å². The second-order valence-corrected chi connectivity index (χ2v) is 6.71. The summed E-state index contributed by atoms with van der Waals surface area (Å²) in [6.07, 6.45) is 0. The number of aryl methyl sites for hydroxylation is 1. The fraction of sp³-hybridized carbons (Fsp3) is 0.286. The normalized spacial score (nSPS) is 12.0. The molecule has 0 saturated heterocycles. The number of sulfonamides is 1. The molecule has 0 aliphatic carbocycles. The molecule has 2 aromatic rings. The average Bonchev–Trinajstić information content (AvgIpc) is 2.84. The van der Waals surface area contributed by atoms with E-state index in [-0.39, 0.29) is 13.2 Å². The molecule has 1 aromatic heterocycles. The fourth-order valence-corrected chi connectivity index (χ4v) is 3.13. The van der Waals surface area contributed by atoms with Gasteiger partial charge < -0.3 is 9.52 Å². The van der Waals surface area contributed by atoms with Gasteiger partial charge in [0.15, 0.2) is 0 Å². The highest BCUT2D eigenvalue weighted by Gasteiger charge is 2.25. The number of furan rings is 1. The van der Waals surface area contributed by atoms with Crippen molar-refractivity contribution in [2.75, 3.05) is 7.05 Å². The summed E-state index contributed by atoms with van der Waals surface area (Å²) in [6, 6.07) is 6.90. The molecule has 2 rings (SSSR count). The van der Waals surface area contributed by atoms with Crippen LogP contribution in [0.1, 0.15) is 17.1 Å². The Kier molecular flexibility index (Phi) is 4.46. The first kappa shape index (κ1) is 15.7. The number of rotatable bonds is 5. The average molecular weight is 313 g/mol. The van der Waals surface area contributed by atoms with Gasteiger partial charge in [-0.05, 0) is 36.8 Å². The van der Waals surface area contributed by atoms with Gasteiger partial charge in [-0.1, -0.05) is 6.07 Å². The van der Waals surface area contributed by atoms with Crippen LogP contribution in [-0.4, -0.2) is 24.9 Å². The number of hydrogen-bond donors (Lipinski definition) is 1. The molecule has 0 spiro atoms. The number of aliphatic hydroxyl groups is 1. The largest absolute Gasteiger partial charge is 0.465 e. The minimum Gasteiger partial charge on any atom is -0.465 e. The van der Waals surface area contributed by atoms with Gasteiger partial charge in [0.05, 0.1) is 13.2 Å². The SMILES string of the molecule is Cc1ccc(CN(C)S(=O)(=O)c2cc(CO)ccc2F)o1. The predicted molar refractivity (Wildman–Crippen MR) is 74.4 cm³/mol. The van der Waals surface area contributed by atoms with Crippen LogP contribution in [0.5, 0.6) is 0 Å². The van der Waals surface area contributed by atoms with E-state index in [1.807, 2.05) is 0 Å². The van der Waals surface area contributed by atoms with Gasteiger partial charge in [-0.15, -0.1) is 0 Å². The van der Waals surface area contributed by atoms with Crippen LogP contribution in [-0.2, 0) is 23.2 Å². The first-order valence-corrected chi connectivity index (χ1v) is 7.69. The molecule has 21 heavy (non-hydrogen) atoms. The monoisotopic (exact) mass is 313 g/mol. The van der Waals surface area contributed by atoms with Crippen molar-refractivity contribution in [3.63, 3.8) is 0 Å². The molecule has 114 valence electrons. The Bertz CT molecular complexity index is 739. The summed E-state index contributed by atoms with van der Waals surface area (Å²) in [4.78, 5) is -0.458. The van der Waals surface area contributed by atoms with Crippen molar-refractivity contribution in [1.82, 2.24) is 4.31 Å². The number of nitrogens with zero attached hydrogens (tertiary/aromatic N) is 1. The third-order valence-corrected chi connectivity index (χ3v) is 4.86. The summed E-state index contributed by atoms with van der Waals surface area (Å²) in [6.45, 7) is 1.39. The van der Waals surface area contributed by atoms with Crippen LogP contribution in [0.4, 0.5) is 4.39 Å². The molecule has 0 radical (unpaired) electrons. The highest BCUT2D eigenvalue weighted by molar-refractivity contribution is 7.89. The van der Waals surface area contributed by atoms with Gasteiger partial charge in [-0.2, -0.15) is 4.31 Å². The molecule has 0 aliphatic heterocycles. The van der Waals surface area contributed by atoms with Crippen LogP contribution in [0.2, 0.25) is 0 Å². The molecule has 0 unspecified atom stereocenters. The van der Waals surface area contributed by atoms with Gasteiger partial charge in [-0.3, -0.25) is 0 Å². The zero-order valence-electron chi connectivity index (χ0n) is 11.7. The standard InChI is InChI=1S/C14H16FNO4S/c1-10-3-5-12(20-10)8-16(2)21(18,19)14-7-11(9-17)4-6-13(14)15/h3-7,17H,8-9H2,1-2H3. The molecule has 7 heteroatoms. The summed E-state index contributed by atoms with van der Waals surface area (Å²) in [5.41, 5.74) is 0.331. The molecule has 5 nitrogen and oxygen atoms in total. The molecule has 1 heterocycles. The van der Waals surface area contributed by atoms with E-state index in [4.69, 9.17) is 9.52 Å². The molecule has 0 amide bonds. The topological polar surface area (TPSA) is 70.8 Å². The number of halogens is 1. The Labute approximate surface area is 122 Å². The highest BCUT2D eigenvalue weighted by atomic mass is 32.2. The molecule has 0 saturated carbocycles. The Morgan fingerprint density at radius 3 is 2.57 bits per heavy atom. The second kappa shape index (κ2) is 5.97. The number of hydrogen-bond acceptors (Lipinski definition) is 4. The lowest BCUT2D eigenvalue weighted by atomic mass is 10.2. The first-order chi connectivity index (χ1) is 9.84. The minimum atomic E-state index is -4.00. The molecule has 0 aliphatic rings. The summed E-state index contributed by atoms with van der Waals surface area (Å²) in [5.74, 6) is 0.288. The van der Waals surface area contributed by atoms with Gasteiger partial charge in [0.1, 0.15) is 22.2 Å². The molecule has 1 N–H and O–H groups in total. The minimum absolute atomic E-state index is 0.00103. The van der Waals surface area contributed by atoms with Crippen molar-refractivity contribution >= 4 is 10.0 Å². The van der Waals surface area contributed by atoms with Crippen molar-refractivity contribution in [3.8, 4) is 0 Å². The maximum Gasteiger partial charge on any atom is 0.246 e. The molecule has 0 atom stereocenters. The fourth-order valence-electron chi connectivity index (χ4n) is 1.89. The Morgan fingerprint density at radius 1 is 1.29 bits per heavy atom. The van der Waals surface area contributed by atoms with Crippen LogP contribution in [0.25, 0.3) is 0 Å². The molecule has 1 aromatic carbocycles. The van der Waals surface area contributed by atoms with Crippen LogP contribution >= 0.6 is 0 Å². The first-order valence-electron chi connectivity index (χ1n) is 6.25. The Balaban J connectivity index is 2.32. The molecular formula is C14H16FNO4S. The van der Waals surface area contributed by atoms with Crippen LogP contribution in [0.15, 0.2) is 39.6 Å². The van der Waals surface area contributed by atoms with Crippen molar-refractivity contribution in [1.29, 1.82) is 0 Å². The number of aliphatic hydroxyl groups excluding tert-OH is 1. The zero-order chi connectivity index (χ0) is 15.6. The lowest BCUT2D eigenvalue weighted by Gasteiger charge is -2.17. The van der Waals surface area contributed by atoms with Crippen LogP contribution in [0.3, 0.4) is 0 Å². The molecular weight excluding hydrogens is 297 g/mol. The summed E-state index contributed by atoms with van der Waals surface area (Å²) >= 11 is 0. The van der Waals surface area contributed by atoms with Crippen LogP contribution < -0.4 is 0 Å². The summed E-state index contributed by atoms with van der Waals surface area (Å²) < 4.78 is 44.9. The molecule has 0 bridgehead atoms. The van der Waals surface area contributed by atoms with Crippen molar-refractivity contribution in [3.05, 3.63) is 53.2 Å². The van der Waals surface area contributed by atoms with Gasteiger partial charge in [0, 0.05) is 7.05 Å². The van der Waals surface area contributed by atoms with E-state index in [1.165, 1.54) is 13.1 Å². The third kappa shape index (κ3) is 3.31. The van der Waals surface area contributed by atoms with Gasteiger partial charge in [-0.25, -0.2) is 12.8 Å². The quantitative estimate of drug-likeness (QED) is 0.917. The zero-order valence-corrected chi connectivity index (χ0v) is 12.5. The smallest absolute Gasteiger partial charge is 0.246 e. The molecule has 0 fully saturated rings. The van der Waals surface area contributed by atoms with Crippen molar-refractivity contribution in [2.45, 2.75) is 25.0 Å². The van der Waals surface area contributed by atoms with E-state index in [0.29, 0.717) is 17.1 Å². The maximum absolute atomic E-state index is 13.8. The van der Waals surface area contributed by atoms with Gasteiger partial charge >= 0.3 is 0 Å². The van der Waals surface area contributed by atoms with Gasteiger partial charge in [0.2, 0.25) is 10.0 Å². The Hall–Kier alpha value is -1.70. The van der Waals surface area contributed by atoms with E-state index in [0.717, 1.165) is 16.4 Å². The Morgan fingerprint density at radius 2 is 2.00 bits per heavy atom. The van der Waals surface area contributed by atoms with Gasteiger partial charge in [0.25, 0.3) is 0 Å². The summed E-state index contributed by atoms with van der Waals surface area (Å²) in [5, 5.41) is 9.05. The predicted octanol–water partition coefficient (Wildman–Crippen LogP) is 2.04. The van der Waals surface area contributed by atoms with E-state index < -0.39 is 20.7 Å². The third-order valence-electron chi connectivity index (χ3n) is 3.04. The van der Waals surface area contributed by atoms with E-state index in [9.17, 15) is 12.8 Å². The number of benzene rings is 1. The van der Waals surface area contributed by atoms with E-state index >= 15 is 0 Å². The van der Waals surface area contributed by atoms with E-state index in [1.54, 1.807) is 19.1 Å². The van der Waals surface area contributed by atoms with Crippen molar-refractivity contribution in [2.24, 2.45) is 0 Å². The summed E-state index contributed by atoms with van der Waals surface area (Å²) in [7, 11) is -2.66. The second-order valence-electron chi connectivity index (χ2n) is 4.70. The van der Waals surface area contributed by atoms with E-state index in [2.05, 4.69) is 0 Å². The maximum atomic E-state index is 13.8. The lowest BCUT2D eigenvalue weighted by molar-refractivity contribution is 0.281. The van der Waals surface area contributed by atoms with Crippen molar-refractivity contribution < 1.29 is 22.3 Å².